The number of aliphatic carboxylic acids is 1. The summed E-state index contributed by atoms with van der Waals surface area (Å²) in [6, 6.07) is -0.718. The van der Waals surface area contributed by atoms with Gasteiger partial charge in [-0.15, -0.1) is 0 Å². The fourth-order valence-electron chi connectivity index (χ4n) is 0.335. The number of carboxylic acid groups (broad SMARTS) is 1. The van der Waals surface area contributed by atoms with E-state index >= 15 is 0 Å². The number of nitrogens with two attached hydrogens (primary N) is 1. The monoisotopic (exact) mass is 195 g/mol. The minimum absolute atomic E-state index is 0.486. The predicted octanol–water partition coefficient (Wildman–Crippen LogP) is 1.19. The zero-order valence-electron chi connectivity index (χ0n) is 6.45. The number of carboxylic acids is 1. The summed E-state index contributed by atoms with van der Waals surface area (Å²) < 4.78 is 0. The predicted molar refractivity (Wildman–Crippen MR) is 50.8 cm³/mol. The van der Waals surface area contributed by atoms with E-state index in [2.05, 4.69) is 6.92 Å². The minimum atomic E-state index is -0.922. The highest BCUT2D eigenvalue weighted by Gasteiger charge is 2.10. The van der Waals surface area contributed by atoms with E-state index in [4.69, 9.17) is 10.8 Å². The Hall–Kier alpha value is 0.130. The van der Waals surface area contributed by atoms with Gasteiger partial charge in [-0.05, 0) is 6.42 Å². The van der Waals surface area contributed by atoms with Crippen molar-refractivity contribution in [2.75, 3.05) is 11.5 Å². The second-order valence-corrected chi connectivity index (χ2v) is 4.68. The van der Waals surface area contributed by atoms with Gasteiger partial charge in [0.25, 0.3) is 0 Å². The van der Waals surface area contributed by atoms with Crippen molar-refractivity contribution in [2.45, 2.75) is 19.4 Å². The second-order valence-electron chi connectivity index (χ2n) is 2.05. The van der Waals surface area contributed by atoms with Crippen molar-refractivity contribution < 1.29 is 9.90 Å². The second kappa shape index (κ2) is 6.82. The summed E-state index contributed by atoms with van der Waals surface area (Å²) in [6.45, 7) is 2.09. The molecule has 0 aliphatic carbocycles. The zero-order chi connectivity index (χ0) is 8.69. The fourth-order valence-corrected chi connectivity index (χ4v) is 2.59. The van der Waals surface area contributed by atoms with Crippen LogP contribution in [0.25, 0.3) is 0 Å². The van der Waals surface area contributed by atoms with E-state index in [-0.39, 0.29) is 0 Å². The van der Waals surface area contributed by atoms with Crippen LogP contribution in [0.4, 0.5) is 0 Å². The van der Waals surface area contributed by atoms with Gasteiger partial charge in [0.1, 0.15) is 6.04 Å². The Labute approximate surface area is 74.5 Å². The summed E-state index contributed by atoms with van der Waals surface area (Å²) in [5, 5.41) is 8.39. The molecule has 0 aliphatic rings. The molecule has 0 rings (SSSR count). The van der Waals surface area contributed by atoms with Crippen LogP contribution in [0.5, 0.6) is 0 Å². The number of hydrogen-bond acceptors (Lipinski definition) is 4. The van der Waals surface area contributed by atoms with Crippen molar-refractivity contribution in [3.05, 3.63) is 0 Å². The zero-order valence-corrected chi connectivity index (χ0v) is 8.08. The van der Waals surface area contributed by atoms with Crippen molar-refractivity contribution >= 4 is 27.6 Å². The first kappa shape index (κ1) is 11.1. The van der Waals surface area contributed by atoms with Crippen LogP contribution >= 0.6 is 21.6 Å². The van der Waals surface area contributed by atoms with Gasteiger partial charge >= 0.3 is 5.97 Å². The lowest BCUT2D eigenvalue weighted by atomic mass is 10.4. The van der Waals surface area contributed by atoms with Crippen LogP contribution in [0.1, 0.15) is 13.3 Å². The number of carbonyl (C=O) groups is 1. The van der Waals surface area contributed by atoms with Crippen molar-refractivity contribution in [1.82, 2.24) is 0 Å². The van der Waals surface area contributed by atoms with Crippen molar-refractivity contribution in [1.29, 1.82) is 0 Å². The van der Waals surface area contributed by atoms with Crippen LogP contribution < -0.4 is 5.73 Å². The lowest BCUT2D eigenvalue weighted by Gasteiger charge is -2.03. The average molecular weight is 195 g/mol. The topological polar surface area (TPSA) is 63.3 Å². The molecule has 0 amide bonds. The van der Waals surface area contributed by atoms with E-state index < -0.39 is 12.0 Å². The Balaban J connectivity index is 3.17. The fraction of sp³-hybridized carbons (Fsp3) is 0.833. The summed E-state index contributed by atoms with van der Waals surface area (Å²) in [6.07, 6.45) is 1.11. The normalized spacial score (nSPS) is 12.9. The van der Waals surface area contributed by atoms with Crippen LogP contribution in [0.2, 0.25) is 0 Å². The Morgan fingerprint density at radius 3 is 2.73 bits per heavy atom. The van der Waals surface area contributed by atoms with Gasteiger partial charge in [-0.25, -0.2) is 0 Å². The molecule has 0 spiro atoms. The van der Waals surface area contributed by atoms with Gasteiger partial charge in [0.05, 0.1) is 0 Å². The highest BCUT2D eigenvalue weighted by Crippen LogP contribution is 2.21. The first-order valence-electron chi connectivity index (χ1n) is 3.41. The summed E-state index contributed by atoms with van der Waals surface area (Å²) in [4.78, 5) is 10.2. The van der Waals surface area contributed by atoms with E-state index in [1.165, 1.54) is 10.8 Å². The molecule has 0 bridgehead atoms. The van der Waals surface area contributed by atoms with E-state index in [1.807, 2.05) is 0 Å². The third-order valence-corrected chi connectivity index (χ3v) is 3.58. The van der Waals surface area contributed by atoms with Crippen molar-refractivity contribution in [3.8, 4) is 0 Å². The van der Waals surface area contributed by atoms with Gasteiger partial charge in [-0.1, -0.05) is 28.5 Å². The van der Waals surface area contributed by atoms with Crippen LogP contribution in [-0.4, -0.2) is 28.6 Å². The molecule has 1 atom stereocenters. The molecule has 5 heteroatoms. The number of hydrogen-bond donors (Lipinski definition) is 2. The third kappa shape index (κ3) is 6.52. The molecule has 0 aromatic heterocycles. The highest BCUT2D eigenvalue weighted by atomic mass is 33.1. The Bertz CT molecular complexity index is 121. The van der Waals surface area contributed by atoms with Crippen LogP contribution in [-0.2, 0) is 4.79 Å². The van der Waals surface area contributed by atoms with E-state index in [9.17, 15) is 4.79 Å². The maximum atomic E-state index is 10.2. The first-order chi connectivity index (χ1) is 5.18. The van der Waals surface area contributed by atoms with Crippen molar-refractivity contribution in [3.63, 3.8) is 0 Å². The summed E-state index contributed by atoms with van der Waals surface area (Å²) >= 11 is 0. The molecular formula is C6H13NO2S2. The lowest BCUT2D eigenvalue weighted by molar-refractivity contribution is -0.137. The van der Waals surface area contributed by atoms with Gasteiger partial charge in [-0.2, -0.15) is 0 Å². The molecule has 3 nitrogen and oxygen atoms in total. The molecule has 0 aromatic carbocycles. The molecule has 0 heterocycles. The molecule has 0 radical (unpaired) electrons. The van der Waals surface area contributed by atoms with E-state index in [0.29, 0.717) is 5.75 Å². The smallest absolute Gasteiger partial charge is 0.321 e. The van der Waals surface area contributed by atoms with Gasteiger partial charge < -0.3 is 10.8 Å². The third-order valence-electron chi connectivity index (χ3n) is 0.936. The molecule has 0 saturated heterocycles. The number of rotatable bonds is 6. The van der Waals surface area contributed by atoms with Gasteiger partial charge in [0.2, 0.25) is 0 Å². The summed E-state index contributed by atoms with van der Waals surface area (Å²) in [5.74, 6) is 0.617. The molecule has 0 fully saturated rings. The Morgan fingerprint density at radius 2 is 2.27 bits per heavy atom. The molecule has 11 heavy (non-hydrogen) atoms. The SMILES string of the molecule is CCCSSC[C@H](N)C(=O)O. The van der Waals surface area contributed by atoms with Gasteiger partial charge in [-0.3, -0.25) is 4.79 Å². The summed E-state index contributed by atoms with van der Waals surface area (Å²) in [7, 11) is 3.20. The van der Waals surface area contributed by atoms with Gasteiger partial charge in [0.15, 0.2) is 0 Å². The van der Waals surface area contributed by atoms with Crippen LogP contribution in [0.3, 0.4) is 0 Å². The molecule has 66 valence electrons. The minimum Gasteiger partial charge on any atom is -0.480 e. The Morgan fingerprint density at radius 1 is 1.64 bits per heavy atom. The lowest BCUT2D eigenvalue weighted by Crippen LogP contribution is -2.32. The van der Waals surface area contributed by atoms with Crippen LogP contribution in [0.15, 0.2) is 0 Å². The quantitative estimate of drug-likeness (QED) is 0.492. The largest absolute Gasteiger partial charge is 0.480 e. The molecule has 0 unspecified atom stereocenters. The molecule has 0 saturated carbocycles. The molecule has 0 aliphatic heterocycles. The van der Waals surface area contributed by atoms with Crippen molar-refractivity contribution in [2.24, 2.45) is 5.73 Å². The Kier molecular flexibility index (Phi) is 6.90. The first-order valence-corrected chi connectivity index (χ1v) is 5.90. The van der Waals surface area contributed by atoms with E-state index in [1.54, 1.807) is 10.8 Å². The standard InChI is InChI=1S/C6H13NO2S2/c1-2-3-10-11-4-5(7)6(8)9/h5H,2-4,7H2,1H3,(H,8,9)/t5-/m0/s1. The maximum Gasteiger partial charge on any atom is 0.321 e. The molecule has 0 aromatic rings. The average Bonchev–Trinajstić information content (AvgIpc) is 1.97. The molecular weight excluding hydrogens is 182 g/mol. The molecule has 3 N–H and O–H groups in total. The summed E-state index contributed by atoms with van der Waals surface area (Å²) in [5.41, 5.74) is 5.27. The highest BCUT2D eigenvalue weighted by molar-refractivity contribution is 8.76. The van der Waals surface area contributed by atoms with Gasteiger partial charge in [0, 0.05) is 11.5 Å². The van der Waals surface area contributed by atoms with E-state index in [0.717, 1.165) is 12.2 Å². The maximum absolute atomic E-state index is 10.2. The van der Waals surface area contributed by atoms with Crippen LogP contribution in [0, 0.1) is 0 Å².